The third-order valence-corrected chi connectivity index (χ3v) is 5.39. The quantitative estimate of drug-likeness (QED) is 0.629. The third kappa shape index (κ3) is 3.95. The summed E-state index contributed by atoms with van der Waals surface area (Å²) in [5.74, 6) is 1.50. The van der Waals surface area contributed by atoms with Gasteiger partial charge in [-0.25, -0.2) is 9.79 Å². The standard InChI is InChI=1S/C24H29N3O4/c1-14-11-15(2)21(16(3)12-14)25-20-13-18(26(4)24(28)27(20)5)17-9-10-19(29-6)23(31-8)22(17)30-7/h9-13H,1-8H3/b25-20-. The maximum absolute atomic E-state index is 13.0. The van der Waals surface area contributed by atoms with Gasteiger partial charge in [0.1, 0.15) is 5.49 Å². The first-order valence-electron chi connectivity index (χ1n) is 9.92. The highest BCUT2D eigenvalue weighted by molar-refractivity contribution is 5.74. The molecule has 0 aliphatic heterocycles. The fraction of sp³-hybridized carbons (Fsp3) is 0.333. The molecule has 0 aliphatic rings. The number of aromatic nitrogens is 2. The fourth-order valence-corrected chi connectivity index (χ4v) is 3.87. The van der Waals surface area contributed by atoms with Crippen LogP contribution in [0.3, 0.4) is 0 Å². The van der Waals surface area contributed by atoms with Gasteiger partial charge in [0.25, 0.3) is 0 Å². The van der Waals surface area contributed by atoms with Crippen LogP contribution in [0.1, 0.15) is 16.7 Å². The Hall–Kier alpha value is -3.48. The number of hydrogen-bond acceptors (Lipinski definition) is 5. The summed E-state index contributed by atoms with van der Waals surface area (Å²) < 4.78 is 19.6. The predicted molar refractivity (Wildman–Crippen MR) is 122 cm³/mol. The highest BCUT2D eigenvalue weighted by Gasteiger charge is 2.19. The second-order valence-electron chi connectivity index (χ2n) is 7.53. The molecule has 0 saturated heterocycles. The van der Waals surface area contributed by atoms with Crippen molar-refractivity contribution in [1.29, 1.82) is 0 Å². The molecule has 1 heterocycles. The van der Waals surface area contributed by atoms with Gasteiger partial charge in [0.15, 0.2) is 11.5 Å². The van der Waals surface area contributed by atoms with Gasteiger partial charge in [0.05, 0.1) is 32.7 Å². The molecule has 3 rings (SSSR count). The Bertz CT molecular complexity index is 1250. The zero-order valence-electron chi connectivity index (χ0n) is 19.4. The minimum Gasteiger partial charge on any atom is -0.493 e. The van der Waals surface area contributed by atoms with Crippen molar-refractivity contribution < 1.29 is 14.2 Å². The Morgan fingerprint density at radius 2 is 1.42 bits per heavy atom. The van der Waals surface area contributed by atoms with E-state index in [4.69, 9.17) is 19.2 Å². The molecule has 0 amide bonds. The molecule has 0 saturated carbocycles. The molecule has 0 bridgehead atoms. The Morgan fingerprint density at radius 3 is 1.97 bits per heavy atom. The molecular weight excluding hydrogens is 394 g/mol. The molecule has 0 atom stereocenters. The Balaban J connectivity index is 2.37. The molecule has 0 radical (unpaired) electrons. The van der Waals surface area contributed by atoms with Crippen LogP contribution >= 0.6 is 0 Å². The second kappa shape index (κ2) is 8.71. The molecule has 0 fully saturated rings. The summed E-state index contributed by atoms with van der Waals surface area (Å²) in [6.07, 6.45) is 0. The summed E-state index contributed by atoms with van der Waals surface area (Å²) in [7, 11) is 8.12. The highest BCUT2D eigenvalue weighted by Crippen LogP contribution is 2.43. The van der Waals surface area contributed by atoms with Crippen molar-refractivity contribution in [3.8, 4) is 28.5 Å². The van der Waals surface area contributed by atoms with Crippen molar-refractivity contribution in [1.82, 2.24) is 9.13 Å². The summed E-state index contributed by atoms with van der Waals surface area (Å²) in [5.41, 5.74) is 5.86. The summed E-state index contributed by atoms with van der Waals surface area (Å²) in [4.78, 5) is 17.9. The highest BCUT2D eigenvalue weighted by atomic mass is 16.5. The first-order chi connectivity index (χ1) is 14.7. The molecule has 0 N–H and O–H groups in total. The predicted octanol–water partition coefficient (Wildman–Crippen LogP) is 3.57. The van der Waals surface area contributed by atoms with Crippen molar-refractivity contribution in [2.24, 2.45) is 19.1 Å². The monoisotopic (exact) mass is 423 g/mol. The van der Waals surface area contributed by atoms with Gasteiger partial charge in [-0.15, -0.1) is 0 Å². The van der Waals surface area contributed by atoms with E-state index in [-0.39, 0.29) is 5.69 Å². The molecule has 31 heavy (non-hydrogen) atoms. The molecule has 164 valence electrons. The maximum Gasteiger partial charge on any atom is 0.329 e. The second-order valence-corrected chi connectivity index (χ2v) is 7.53. The van der Waals surface area contributed by atoms with E-state index >= 15 is 0 Å². The van der Waals surface area contributed by atoms with Crippen molar-refractivity contribution in [2.75, 3.05) is 21.3 Å². The molecule has 1 aromatic heterocycles. The molecule has 2 aromatic carbocycles. The maximum atomic E-state index is 13.0. The van der Waals surface area contributed by atoms with E-state index in [1.807, 2.05) is 26.0 Å². The van der Waals surface area contributed by atoms with Crippen LogP contribution in [0.25, 0.3) is 11.3 Å². The van der Waals surface area contributed by atoms with Crippen LogP contribution in [0.2, 0.25) is 0 Å². The lowest BCUT2D eigenvalue weighted by Gasteiger charge is -2.18. The van der Waals surface area contributed by atoms with Gasteiger partial charge < -0.3 is 14.2 Å². The molecular formula is C24H29N3O4. The Morgan fingerprint density at radius 1 is 0.806 bits per heavy atom. The van der Waals surface area contributed by atoms with Crippen LogP contribution in [0, 0.1) is 20.8 Å². The van der Waals surface area contributed by atoms with Crippen LogP contribution in [0.15, 0.2) is 40.1 Å². The van der Waals surface area contributed by atoms with Gasteiger partial charge in [-0.3, -0.25) is 9.13 Å². The zero-order valence-corrected chi connectivity index (χ0v) is 19.4. The first kappa shape index (κ1) is 22.2. The number of ether oxygens (including phenoxy) is 3. The van der Waals surface area contributed by atoms with E-state index in [0.717, 1.165) is 16.8 Å². The Labute approximate surface area is 182 Å². The summed E-state index contributed by atoms with van der Waals surface area (Å²) in [6.45, 7) is 6.11. The van der Waals surface area contributed by atoms with Crippen LogP contribution in [-0.4, -0.2) is 30.5 Å². The Kier molecular flexibility index (Phi) is 6.24. The van der Waals surface area contributed by atoms with Gasteiger partial charge in [0, 0.05) is 25.7 Å². The van der Waals surface area contributed by atoms with Crippen LogP contribution in [0.4, 0.5) is 5.69 Å². The normalized spacial score (nSPS) is 11.5. The van der Waals surface area contributed by atoms with Gasteiger partial charge >= 0.3 is 5.69 Å². The summed E-state index contributed by atoms with van der Waals surface area (Å²) in [6, 6.07) is 9.70. The van der Waals surface area contributed by atoms with Crippen LogP contribution in [-0.2, 0) is 14.1 Å². The largest absolute Gasteiger partial charge is 0.493 e. The summed E-state index contributed by atoms with van der Waals surface area (Å²) >= 11 is 0. The lowest BCUT2D eigenvalue weighted by Crippen LogP contribution is -2.37. The SMILES string of the molecule is COc1ccc(-c2c/c(=N/c3c(C)cc(C)cc3C)n(C)c(=O)n2C)c(OC)c1OC. The number of aryl methyl sites for hydroxylation is 3. The molecule has 3 aromatic rings. The van der Waals surface area contributed by atoms with E-state index in [9.17, 15) is 4.79 Å². The van der Waals surface area contributed by atoms with Crippen LogP contribution in [0.5, 0.6) is 17.2 Å². The summed E-state index contributed by atoms with van der Waals surface area (Å²) in [5, 5.41) is 0. The lowest BCUT2D eigenvalue weighted by molar-refractivity contribution is 0.325. The minimum absolute atomic E-state index is 0.199. The van der Waals surface area contributed by atoms with E-state index < -0.39 is 0 Å². The van der Waals surface area contributed by atoms with Crippen molar-refractivity contribution in [3.63, 3.8) is 0 Å². The molecule has 7 heteroatoms. The topological polar surface area (TPSA) is 67.0 Å². The minimum atomic E-state index is -0.199. The van der Waals surface area contributed by atoms with Gasteiger partial charge in [-0.2, -0.15) is 0 Å². The van der Waals surface area contributed by atoms with Crippen LogP contribution < -0.4 is 25.4 Å². The van der Waals surface area contributed by atoms with Crippen molar-refractivity contribution in [3.05, 3.63) is 63.0 Å². The molecule has 7 nitrogen and oxygen atoms in total. The van der Waals surface area contributed by atoms with E-state index in [1.54, 1.807) is 46.1 Å². The van der Waals surface area contributed by atoms with Crippen molar-refractivity contribution in [2.45, 2.75) is 20.8 Å². The lowest BCUT2D eigenvalue weighted by atomic mass is 10.1. The molecule has 0 aliphatic carbocycles. The zero-order chi connectivity index (χ0) is 22.9. The molecule has 0 spiro atoms. The van der Waals surface area contributed by atoms with Gasteiger partial charge in [-0.05, 0) is 44.0 Å². The van der Waals surface area contributed by atoms with Gasteiger partial charge in [-0.1, -0.05) is 17.7 Å². The number of nitrogens with zero attached hydrogens (tertiary/aromatic N) is 3. The average Bonchev–Trinajstić information content (AvgIpc) is 2.74. The number of rotatable bonds is 5. The fourth-order valence-electron chi connectivity index (χ4n) is 3.87. The molecule has 0 unspecified atom stereocenters. The van der Waals surface area contributed by atoms with E-state index in [1.165, 1.54) is 10.1 Å². The average molecular weight is 424 g/mol. The van der Waals surface area contributed by atoms with Crippen molar-refractivity contribution >= 4 is 5.69 Å². The first-order valence-corrected chi connectivity index (χ1v) is 9.92. The van der Waals surface area contributed by atoms with Gasteiger partial charge in [0.2, 0.25) is 5.75 Å². The third-order valence-electron chi connectivity index (χ3n) is 5.39. The number of methoxy groups -OCH3 is 3. The number of hydrogen-bond donors (Lipinski definition) is 0. The number of benzene rings is 2. The van der Waals surface area contributed by atoms with E-state index in [0.29, 0.717) is 34.0 Å². The van der Waals surface area contributed by atoms with E-state index in [2.05, 4.69) is 19.1 Å². The smallest absolute Gasteiger partial charge is 0.329 e.